The van der Waals surface area contributed by atoms with Crippen molar-refractivity contribution in [1.29, 1.82) is 0 Å². The van der Waals surface area contributed by atoms with Crippen LogP contribution in [-0.2, 0) is 118 Å². The first kappa shape index (κ1) is 93.1. The van der Waals surface area contributed by atoms with Crippen LogP contribution in [0.5, 0.6) is 0 Å². The Hall–Kier alpha value is -9.15. The topological polar surface area (TPSA) is 495 Å². The second-order valence-electron chi connectivity index (χ2n) is 25.0. The van der Waals surface area contributed by atoms with E-state index in [1.807, 2.05) is 0 Å². The molecule has 2 unspecified atom stereocenters. The molecule has 0 spiro atoms. The van der Waals surface area contributed by atoms with Gasteiger partial charge in [0.2, 0.25) is 41.4 Å². The van der Waals surface area contributed by atoms with Crippen molar-refractivity contribution in [3.05, 3.63) is 59.7 Å². The highest BCUT2D eigenvalue weighted by Gasteiger charge is 2.34. The van der Waals surface area contributed by atoms with Crippen LogP contribution in [0.3, 0.4) is 0 Å². The third kappa shape index (κ3) is 43.0. The van der Waals surface area contributed by atoms with Gasteiger partial charge in [0.05, 0.1) is 106 Å². The van der Waals surface area contributed by atoms with E-state index in [0.29, 0.717) is 34.0 Å². The number of nitrogens with one attached hydrogen (secondary N) is 8. The van der Waals surface area contributed by atoms with Gasteiger partial charge in [-0.1, -0.05) is 64.6 Å². The number of benzene rings is 2. The highest BCUT2D eigenvalue weighted by Crippen LogP contribution is 2.17. The van der Waals surface area contributed by atoms with E-state index in [0.717, 1.165) is 0 Å². The van der Waals surface area contributed by atoms with Crippen LogP contribution in [0.2, 0.25) is 0 Å². The first-order valence-electron chi connectivity index (χ1n) is 35.7. The minimum absolute atomic E-state index is 0.0193. The summed E-state index contributed by atoms with van der Waals surface area (Å²) in [5.41, 5.74) is 12.5. The summed E-state index contributed by atoms with van der Waals surface area (Å²) in [6, 6.07) is 7.45. The molecule has 12 N–H and O–H groups in total. The minimum Gasteiger partial charge on any atom is -0.461 e. The lowest BCUT2D eigenvalue weighted by Gasteiger charge is -2.25. The number of carbonyl (C=O) groups excluding carboxylic acids is 14. The number of rotatable bonds is 59. The van der Waals surface area contributed by atoms with Gasteiger partial charge in [-0.2, -0.15) is 0 Å². The SMILES string of the molecule is CC(=O)OCc1ccc(NC(=O)C(CCCNC(N)=O)NC(=O)[C@@H](NC(=O)CCOCCOCCOCCOCCN(CCOCCOCCOCCOCCC(=O)N[C@H](C(=O)NC(CCCNC(N)=O)C(=O)Nc2ccc(COC(=O)S)cc2)C(C)C)C(=O)CCCC(=O)ON2C(=O)CCC2=O)C(C)C)cc1. The van der Waals surface area contributed by atoms with Gasteiger partial charge in [-0.25, -0.2) is 19.2 Å². The molecule has 0 aliphatic carbocycles. The Balaban J connectivity index is 1.31. The molecular weight excluding hydrogens is 1440 g/mol. The number of ether oxygens (including phenoxy) is 10. The lowest BCUT2D eigenvalue weighted by Crippen LogP contribution is -2.54. The zero-order valence-corrected chi connectivity index (χ0v) is 63.0. The molecule has 2 aromatic carbocycles. The van der Waals surface area contributed by atoms with Gasteiger partial charge >= 0.3 is 29.3 Å². The number of nitrogens with two attached hydrogens (primary N) is 2. The second-order valence-corrected chi connectivity index (χ2v) is 25.3. The van der Waals surface area contributed by atoms with Gasteiger partial charge in [0.1, 0.15) is 37.4 Å². The van der Waals surface area contributed by atoms with Crippen molar-refractivity contribution in [2.45, 2.75) is 143 Å². The lowest BCUT2D eigenvalue weighted by atomic mass is 10.0. The summed E-state index contributed by atoms with van der Waals surface area (Å²) in [7, 11) is 0. The predicted molar refractivity (Wildman–Crippen MR) is 389 cm³/mol. The molecule has 1 heterocycles. The summed E-state index contributed by atoms with van der Waals surface area (Å²) >= 11 is 3.58. The van der Waals surface area contributed by atoms with Gasteiger partial charge in [-0.3, -0.25) is 47.9 Å². The number of urea groups is 2. The van der Waals surface area contributed by atoms with Crippen molar-refractivity contribution < 1.29 is 119 Å². The smallest absolute Gasteiger partial charge is 0.364 e. The first-order valence-corrected chi connectivity index (χ1v) is 36.2. The third-order valence-electron chi connectivity index (χ3n) is 15.5. The van der Waals surface area contributed by atoms with Gasteiger partial charge in [-0.15, -0.1) is 5.06 Å². The summed E-state index contributed by atoms with van der Waals surface area (Å²) in [5, 5.41) is 21.0. The molecule has 0 aromatic heterocycles. The van der Waals surface area contributed by atoms with Gasteiger partial charge in [0.25, 0.3) is 11.8 Å². The van der Waals surface area contributed by atoms with E-state index in [1.54, 1.807) is 76.2 Å². The third-order valence-corrected chi connectivity index (χ3v) is 15.6. The number of amides is 13. The molecule has 108 heavy (non-hydrogen) atoms. The van der Waals surface area contributed by atoms with E-state index in [4.69, 9.17) is 63.7 Å². The van der Waals surface area contributed by atoms with E-state index in [1.165, 1.54) is 11.8 Å². The number of nitrogens with zero attached hydrogens (tertiary/aromatic N) is 2. The number of primary amides is 2. The average Bonchev–Trinajstić information content (AvgIpc) is 1.87. The molecule has 1 aliphatic rings. The van der Waals surface area contributed by atoms with Crippen LogP contribution in [-0.4, -0.2) is 248 Å². The monoisotopic (exact) mass is 1550 g/mol. The molecule has 13 amide bonds. The van der Waals surface area contributed by atoms with Crippen molar-refractivity contribution in [2.24, 2.45) is 23.3 Å². The number of hydrogen-bond donors (Lipinski definition) is 11. The number of thiol groups is 1. The fourth-order valence-electron chi connectivity index (χ4n) is 9.73. The van der Waals surface area contributed by atoms with Crippen LogP contribution >= 0.6 is 12.6 Å². The van der Waals surface area contributed by atoms with Crippen LogP contribution in [0.25, 0.3) is 0 Å². The normalized spacial score (nSPS) is 13.0. The van der Waals surface area contributed by atoms with E-state index in [2.05, 4.69) is 55.2 Å². The van der Waals surface area contributed by atoms with Gasteiger partial charge in [0, 0.05) is 83.0 Å². The molecule has 0 bridgehead atoms. The summed E-state index contributed by atoms with van der Waals surface area (Å²) < 4.78 is 54.8. The van der Waals surface area contributed by atoms with Gasteiger partial charge in [0.15, 0.2) is 0 Å². The van der Waals surface area contributed by atoms with Crippen molar-refractivity contribution in [3.8, 4) is 0 Å². The van der Waals surface area contributed by atoms with Crippen molar-refractivity contribution in [2.75, 3.05) is 143 Å². The molecule has 2 aromatic rings. The van der Waals surface area contributed by atoms with E-state index in [-0.39, 0.29) is 227 Å². The van der Waals surface area contributed by atoms with Gasteiger partial charge < -0.3 is 111 Å². The first-order chi connectivity index (χ1) is 51.7. The van der Waals surface area contributed by atoms with Gasteiger partial charge in [-0.05, 0) is 79.3 Å². The molecule has 1 saturated heterocycles. The van der Waals surface area contributed by atoms with E-state index in [9.17, 15) is 67.1 Å². The molecule has 3 rings (SSSR count). The highest BCUT2D eigenvalue weighted by atomic mass is 32.1. The summed E-state index contributed by atoms with van der Waals surface area (Å²) in [6.45, 7) is 11.7. The highest BCUT2D eigenvalue weighted by molar-refractivity contribution is 7.96. The number of esters is 1. The minimum atomic E-state index is -1.06. The Kier molecular flexibility index (Phi) is 47.6. The Labute approximate surface area is 633 Å². The molecule has 0 saturated carbocycles. The number of carbonyl (C=O) groups is 14. The molecule has 1 aliphatic heterocycles. The van der Waals surface area contributed by atoms with Crippen molar-refractivity contribution >= 4 is 106 Å². The number of hydrogen-bond acceptors (Lipinski definition) is 25. The maximum Gasteiger partial charge on any atom is 0.364 e. The number of anilines is 2. The van der Waals surface area contributed by atoms with Crippen LogP contribution in [0, 0.1) is 11.8 Å². The molecule has 37 nitrogen and oxygen atoms in total. The Bertz CT molecular complexity index is 2950. The Morgan fingerprint density at radius 3 is 1.18 bits per heavy atom. The number of hydroxylamine groups is 2. The quantitative estimate of drug-likeness (QED) is 0.0194. The summed E-state index contributed by atoms with van der Waals surface area (Å²) in [6.07, 6.45) is 0.387. The predicted octanol–water partition coefficient (Wildman–Crippen LogP) is 1.56. The molecule has 0 radical (unpaired) electrons. The maximum absolute atomic E-state index is 13.6. The maximum atomic E-state index is 13.6. The van der Waals surface area contributed by atoms with E-state index >= 15 is 0 Å². The van der Waals surface area contributed by atoms with Crippen LogP contribution in [0.1, 0.15) is 116 Å². The lowest BCUT2D eigenvalue weighted by molar-refractivity contribution is -0.197. The van der Waals surface area contributed by atoms with Crippen LogP contribution in [0.15, 0.2) is 48.5 Å². The standard InChI is InChI=1S/C70H108N12O25S/c1-47(2)62(66(92)77-54(9-7-25-73-68(71)94)64(90)75-52-17-13-50(14-18-52)45-105-49(5)83)79-56(84)23-29-97-33-37-101-41-43-103-39-35-99-31-27-81(58(86)11-6-12-61(89)107-82-59(87)21-22-60(82)88)28-32-100-36-40-104-44-42-102-38-34-98-30-24-57(85)80-63(48(3)4)67(93)78-55(10-8-26-74-69(72)95)65(91)76-53-19-15-51(16-20-53)46-106-70(96)108/h13-20,47-48,54-55,62-63H,6-12,21-46H2,1-5H3,(H,75,90)(H,76,91)(H,77,92)(H,78,93)(H,79,84)(H,80,85)(H,96,108)(H3,71,73,94)(H3,72,74,95)/t54?,55?,62-,63-/m0/s1. The van der Waals surface area contributed by atoms with Crippen molar-refractivity contribution in [1.82, 2.24) is 41.9 Å². The zero-order valence-electron chi connectivity index (χ0n) is 62.1. The largest absolute Gasteiger partial charge is 0.461 e. The Morgan fingerprint density at radius 2 is 0.824 bits per heavy atom. The van der Waals surface area contributed by atoms with Crippen molar-refractivity contribution in [3.63, 3.8) is 0 Å². The Morgan fingerprint density at radius 1 is 0.463 bits per heavy atom. The fourth-order valence-corrected chi connectivity index (χ4v) is 9.79. The molecule has 1 fully saturated rings. The summed E-state index contributed by atoms with van der Waals surface area (Å²) in [4.78, 5) is 180. The van der Waals surface area contributed by atoms with Crippen LogP contribution in [0.4, 0.5) is 25.8 Å². The zero-order chi connectivity index (χ0) is 79.4. The average molecular weight is 1550 g/mol. The number of imide groups is 1. The van der Waals surface area contributed by atoms with Crippen LogP contribution < -0.4 is 54.0 Å². The van der Waals surface area contributed by atoms with E-state index < -0.39 is 101 Å². The molecule has 604 valence electrons. The fraction of sp³-hybridized carbons (Fsp3) is 0.629. The summed E-state index contributed by atoms with van der Waals surface area (Å²) in [5.74, 6) is -6.73. The second kappa shape index (κ2) is 55.3. The molecule has 38 heteroatoms. The molecule has 4 atom stereocenters. The molecular formula is C70H108N12O25S.